The van der Waals surface area contributed by atoms with Crippen LogP contribution in [0.4, 0.5) is 0 Å². The van der Waals surface area contributed by atoms with Gasteiger partial charge in [0.05, 0.1) is 13.2 Å². The molecule has 0 saturated carbocycles. The predicted octanol–water partition coefficient (Wildman–Crippen LogP) is 18.2. The minimum atomic E-state index is -0.557. The normalized spacial score (nSPS) is 13.3. The van der Waals surface area contributed by atoms with Crippen LogP contribution in [0.25, 0.3) is 0 Å². The monoisotopic (exact) mass is 873 g/mol. The van der Waals surface area contributed by atoms with Gasteiger partial charge in [0.15, 0.2) is 0 Å². The molecule has 0 fully saturated rings. The van der Waals surface area contributed by atoms with Gasteiger partial charge in [-0.3, -0.25) is 4.79 Å². The Balaban J connectivity index is 3.51. The van der Waals surface area contributed by atoms with Gasteiger partial charge in [0.1, 0.15) is 6.10 Å². The summed E-state index contributed by atoms with van der Waals surface area (Å²) in [5.41, 5.74) is 0. The highest BCUT2D eigenvalue weighted by Gasteiger charge is 2.13. The van der Waals surface area contributed by atoms with E-state index >= 15 is 0 Å². The fraction of sp³-hybridized carbons (Fsp3) is 0.678. The van der Waals surface area contributed by atoms with Crippen LogP contribution in [0.2, 0.25) is 0 Å². The zero-order chi connectivity index (χ0) is 45.5. The topological polar surface area (TPSA) is 55.8 Å². The Morgan fingerprint density at radius 1 is 0.397 bits per heavy atom. The average molecular weight is 873 g/mol. The van der Waals surface area contributed by atoms with Crippen molar-refractivity contribution in [2.45, 2.75) is 238 Å². The van der Waals surface area contributed by atoms with E-state index in [-0.39, 0.29) is 19.2 Å². The van der Waals surface area contributed by atoms with Crippen molar-refractivity contribution < 1.29 is 19.4 Å². The summed E-state index contributed by atoms with van der Waals surface area (Å²) in [4.78, 5) is 12.3. The standard InChI is InChI=1S/C59H100O4/c1-3-5-7-9-11-13-15-17-19-21-23-25-27-29-31-33-35-37-39-41-43-45-47-49-51-53-55-62-57-58(56-60)63-59(61)54-52-50-48-46-44-42-40-38-36-34-32-30-28-26-24-22-20-18-16-14-12-10-8-6-4-2/h5,7,11,13,16-19,22-25,29,31,35,37,41,43,58,60H,3-4,6,8-10,12,14-15,20-21,26-28,30,32-34,36,38-40,42,44-57H2,1-2H3/b7-5-,13-11-,18-16-,19-17-,24-22-,25-23-,31-29-,37-35-,43-41-. The molecule has 0 aliphatic heterocycles. The first-order valence-corrected chi connectivity index (χ1v) is 26.5. The number of unbranched alkanes of at least 4 members (excludes halogenated alkanes) is 22. The summed E-state index contributed by atoms with van der Waals surface area (Å²) >= 11 is 0. The Bertz CT molecular complexity index is 1200. The van der Waals surface area contributed by atoms with Crippen molar-refractivity contribution in [1.29, 1.82) is 0 Å². The summed E-state index contributed by atoms with van der Waals surface area (Å²) in [6, 6.07) is 0. The van der Waals surface area contributed by atoms with E-state index in [0.29, 0.717) is 13.0 Å². The van der Waals surface area contributed by atoms with E-state index < -0.39 is 6.10 Å². The lowest BCUT2D eigenvalue weighted by Crippen LogP contribution is -2.27. The molecule has 360 valence electrons. The molecule has 63 heavy (non-hydrogen) atoms. The van der Waals surface area contributed by atoms with Gasteiger partial charge in [-0.15, -0.1) is 0 Å². The number of rotatable bonds is 48. The maximum Gasteiger partial charge on any atom is 0.306 e. The summed E-state index contributed by atoms with van der Waals surface area (Å²) in [5, 5.41) is 9.66. The third-order valence-corrected chi connectivity index (χ3v) is 11.1. The molecule has 0 saturated heterocycles. The second-order valence-electron chi connectivity index (χ2n) is 17.2. The first-order valence-electron chi connectivity index (χ1n) is 26.5. The number of aliphatic hydroxyl groups excluding tert-OH is 1. The number of ether oxygens (including phenoxy) is 2. The summed E-state index contributed by atoms with van der Waals surface area (Å²) in [5.74, 6) is -0.213. The van der Waals surface area contributed by atoms with Crippen molar-refractivity contribution in [3.05, 3.63) is 109 Å². The molecule has 0 rings (SSSR count). The summed E-state index contributed by atoms with van der Waals surface area (Å²) in [6.07, 6.45) is 80.4. The fourth-order valence-corrected chi connectivity index (χ4v) is 7.16. The molecule has 4 nitrogen and oxygen atoms in total. The van der Waals surface area contributed by atoms with Gasteiger partial charge in [0.2, 0.25) is 0 Å². The zero-order valence-corrected chi connectivity index (χ0v) is 41.3. The third-order valence-electron chi connectivity index (χ3n) is 11.1. The van der Waals surface area contributed by atoms with Crippen LogP contribution in [0, 0.1) is 0 Å². The number of esters is 1. The molecule has 0 spiro atoms. The Labute approximate surface area is 391 Å². The summed E-state index contributed by atoms with van der Waals surface area (Å²) in [6.45, 7) is 5.16. The van der Waals surface area contributed by atoms with E-state index in [1.54, 1.807) is 0 Å². The predicted molar refractivity (Wildman–Crippen MR) is 278 cm³/mol. The molecule has 0 bridgehead atoms. The Kier molecular flexibility index (Phi) is 52.6. The van der Waals surface area contributed by atoms with Crippen molar-refractivity contribution in [1.82, 2.24) is 0 Å². The summed E-state index contributed by atoms with van der Waals surface area (Å²) in [7, 11) is 0. The lowest BCUT2D eigenvalue weighted by Gasteiger charge is -2.15. The minimum Gasteiger partial charge on any atom is -0.457 e. The molecule has 1 atom stereocenters. The van der Waals surface area contributed by atoms with Crippen LogP contribution in [0.1, 0.15) is 232 Å². The van der Waals surface area contributed by atoms with Gasteiger partial charge in [0.25, 0.3) is 0 Å². The molecule has 1 N–H and O–H groups in total. The molecule has 0 aromatic heterocycles. The molecule has 0 amide bonds. The molecule has 0 aliphatic rings. The van der Waals surface area contributed by atoms with E-state index in [1.165, 1.54) is 128 Å². The Hall–Kier alpha value is -2.95. The molecular weight excluding hydrogens is 773 g/mol. The van der Waals surface area contributed by atoms with Gasteiger partial charge < -0.3 is 14.6 Å². The molecule has 1 unspecified atom stereocenters. The number of carbonyl (C=O) groups is 1. The van der Waals surface area contributed by atoms with Gasteiger partial charge in [-0.1, -0.05) is 232 Å². The highest BCUT2D eigenvalue weighted by molar-refractivity contribution is 5.69. The molecule has 0 heterocycles. The molecule has 0 aromatic rings. The number of allylic oxidation sites excluding steroid dienone is 18. The molecule has 0 aromatic carbocycles. The van der Waals surface area contributed by atoms with Gasteiger partial charge in [0, 0.05) is 13.0 Å². The van der Waals surface area contributed by atoms with E-state index in [1.807, 2.05) is 0 Å². The van der Waals surface area contributed by atoms with Crippen LogP contribution in [0.5, 0.6) is 0 Å². The lowest BCUT2D eigenvalue weighted by atomic mass is 10.0. The largest absolute Gasteiger partial charge is 0.457 e. The van der Waals surface area contributed by atoms with E-state index in [4.69, 9.17) is 9.47 Å². The smallest absolute Gasteiger partial charge is 0.306 e. The quantitative estimate of drug-likeness (QED) is 0.0376. The van der Waals surface area contributed by atoms with Crippen LogP contribution in [0.15, 0.2) is 109 Å². The van der Waals surface area contributed by atoms with Crippen molar-refractivity contribution in [2.24, 2.45) is 0 Å². The maximum atomic E-state index is 12.3. The highest BCUT2D eigenvalue weighted by Crippen LogP contribution is 2.14. The first kappa shape index (κ1) is 60.1. The number of aliphatic hydroxyl groups is 1. The molecule has 0 aliphatic carbocycles. The van der Waals surface area contributed by atoms with Crippen molar-refractivity contribution in [2.75, 3.05) is 19.8 Å². The van der Waals surface area contributed by atoms with Crippen LogP contribution in [0.3, 0.4) is 0 Å². The second-order valence-corrected chi connectivity index (χ2v) is 17.2. The molecule has 0 radical (unpaired) electrons. The second kappa shape index (κ2) is 55.2. The maximum absolute atomic E-state index is 12.3. The fourth-order valence-electron chi connectivity index (χ4n) is 7.16. The van der Waals surface area contributed by atoms with E-state index in [0.717, 1.165) is 83.5 Å². The van der Waals surface area contributed by atoms with Crippen LogP contribution in [-0.2, 0) is 14.3 Å². The van der Waals surface area contributed by atoms with Gasteiger partial charge >= 0.3 is 5.97 Å². The minimum absolute atomic E-state index is 0.189. The van der Waals surface area contributed by atoms with Crippen LogP contribution >= 0.6 is 0 Å². The summed E-state index contributed by atoms with van der Waals surface area (Å²) < 4.78 is 11.2. The zero-order valence-electron chi connectivity index (χ0n) is 41.3. The first-order chi connectivity index (χ1) is 31.2. The lowest BCUT2D eigenvalue weighted by molar-refractivity contribution is -0.154. The van der Waals surface area contributed by atoms with Gasteiger partial charge in [-0.2, -0.15) is 0 Å². The Morgan fingerprint density at radius 3 is 1.08 bits per heavy atom. The van der Waals surface area contributed by atoms with Crippen molar-refractivity contribution >= 4 is 5.97 Å². The van der Waals surface area contributed by atoms with Crippen LogP contribution in [-0.4, -0.2) is 37.0 Å². The number of hydrogen-bond donors (Lipinski definition) is 1. The molecule has 4 heteroatoms. The van der Waals surface area contributed by atoms with Crippen molar-refractivity contribution in [3.8, 4) is 0 Å². The van der Waals surface area contributed by atoms with E-state index in [9.17, 15) is 9.90 Å². The van der Waals surface area contributed by atoms with Gasteiger partial charge in [-0.05, 0) is 103 Å². The molecular formula is C59H100O4. The van der Waals surface area contributed by atoms with E-state index in [2.05, 4.69) is 123 Å². The number of hydrogen-bond acceptors (Lipinski definition) is 4. The average Bonchev–Trinajstić information content (AvgIpc) is 3.29. The highest BCUT2D eigenvalue weighted by atomic mass is 16.6. The Morgan fingerprint density at radius 2 is 0.714 bits per heavy atom. The number of carbonyl (C=O) groups excluding carboxylic acids is 1. The van der Waals surface area contributed by atoms with Crippen molar-refractivity contribution in [3.63, 3.8) is 0 Å². The SMILES string of the molecule is CC/C=C\C/C=C\C/C=C\C/C=C\C/C=C\C/C=C\C/C=C\CCCCCCOCC(CO)OC(=O)CCCCCCCCCCCCCCC/C=C\C/C=C\CCCCCCC. The van der Waals surface area contributed by atoms with Crippen LogP contribution < -0.4 is 0 Å². The third kappa shape index (κ3) is 53.3. The van der Waals surface area contributed by atoms with Gasteiger partial charge in [-0.25, -0.2) is 0 Å².